The Hall–Kier alpha value is -1.74. The van der Waals surface area contributed by atoms with Crippen molar-refractivity contribution in [3.8, 4) is 5.75 Å². The van der Waals surface area contributed by atoms with Crippen LogP contribution >= 0.6 is 11.6 Å². The van der Waals surface area contributed by atoms with Gasteiger partial charge >= 0.3 is 0 Å². The minimum absolute atomic E-state index is 0.265. The predicted molar refractivity (Wildman–Crippen MR) is 81.4 cm³/mol. The summed E-state index contributed by atoms with van der Waals surface area (Å²) in [7, 11) is 0. The molecule has 0 radical (unpaired) electrons. The Kier molecular flexibility index (Phi) is 3.53. The lowest BCUT2D eigenvalue weighted by Gasteiger charge is -2.27. The summed E-state index contributed by atoms with van der Waals surface area (Å²) in [6.45, 7) is 1.95. The molecule has 0 fully saturated rings. The van der Waals surface area contributed by atoms with Crippen LogP contribution in [0.5, 0.6) is 5.75 Å². The van der Waals surface area contributed by atoms with E-state index in [1.807, 2.05) is 25.1 Å². The number of benzene rings is 1. The van der Waals surface area contributed by atoms with E-state index in [4.69, 9.17) is 11.6 Å². The number of aryl methyl sites for hydroxylation is 2. The SMILES string of the molecule is Cc1cc(NC2CCCc3cc(O)ccc32)cnc1Cl. The fourth-order valence-corrected chi connectivity index (χ4v) is 2.89. The van der Waals surface area contributed by atoms with Crippen LogP contribution in [0.4, 0.5) is 5.69 Å². The zero-order chi connectivity index (χ0) is 14.1. The first kappa shape index (κ1) is 13.3. The largest absolute Gasteiger partial charge is 0.508 e. The highest BCUT2D eigenvalue weighted by atomic mass is 35.5. The Labute approximate surface area is 123 Å². The Morgan fingerprint density at radius 3 is 3.00 bits per heavy atom. The summed E-state index contributed by atoms with van der Waals surface area (Å²) in [6, 6.07) is 7.92. The fraction of sp³-hybridized carbons (Fsp3) is 0.312. The molecule has 4 heteroatoms. The average molecular weight is 289 g/mol. The van der Waals surface area contributed by atoms with Crippen LogP contribution in [-0.4, -0.2) is 10.1 Å². The molecule has 1 atom stereocenters. The predicted octanol–water partition coefficient (Wildman–Crippen LogP) is 4.24. The number of phenolic OH excluding ortho intramolecular Hbond substituents is 1. The normalized spacial score (nSPS) is 17.6. The van der Waals surface area contributed by atoms with Gasteiger partial charge < -0.3 is 10.4 Å². The number of pyridine rings is 1. The van der Waals surface area contributed by atoms with Gasteiger partial charge in [0.2, 0.25) is 0 Å². The number of halogens is 1. The number of fused-ring (bicyclic) bond motifs is 1. The van der Waals surface area contributed by atoms with Gasteiger partial charge in [-0.25, -0.2) is 4.98 Å². The summed E-state index contributed by atoms with van der Waals surface area (Å²) < 4.78 is 0. The molecular formula is C16H17ClN2O. The Morgan fingerprint density at radius 1 is 1.35 bits per heavy atom. The van der Waals surface area contributed by atoms with Crippen LogP contribution in [0.3, 0.4) is 0 Å². The van der Waals surface area contributed by atoms with Crippen LogP contribution in [0.25, 0.3) is 0 Å². The molecule has 20 heavy (non-hydrogen) atoms. The second kappa shape index (κ2) is 5.33. The number of rotatable bonds is 2. The van der Waals surface area contributed by atoms with Crippen molar-refractivity contribution in [3.63, 3.8) is 0 Å². The van der Waals surface area contributed by atoms with Gasteiger partial charge in [0.05, 0.1) is 17.9 Å². The van der Waals surface area contributed by atoms with E-state index in [0.29, 0.717) is 10.9 Å². The molecule has 3 rings (SSSR count). The van der Waals surface area contributed by atoms with E-state index in [-0.39, 0.29) is 6.04 Å². The summed E-state index contributed by atoms with van der Waals surface area (Å²) >= 11 is 5.96. The van der Waals surface area contributed by atoms with Gasteiger partial charge in [0.1, 0.15) is 10.9 Å². The van der Waals surface area contributed by atoms with Crippen LogP contribution in [0, 0.1) is 6.92 Å². The van der Waals surface area contributed by atoms with Gasteiger partial charge in [-0.3, -0.25) is 0 Å². The first-order valence-corrected chi connectivity index (χ1v) is 7.22. The van der Waals surface area contributed by atoms with Crippen molar-refractivity contribution in [2.45, 2.75) is 32.2 Å². The van der Waals surface area contributed by atoms with E-state index < -0.39 is 0 Å². The number of aromatic hydroxyl groups is 1. The summed E-state index contributed by atoms with van der Waals surface area (Å²) in [6.07, 6.45) is 5.00. The molecule has 1 unspecified atom stereocenters. The third-order valence-corrected chi connectivity index (χ3v) is 4.19. The van der Waals surface area contributed by atoms with Crippen LogP contribution in [-0.2, 0) is 6.42 Å². The molecule has 1 aliphatic carbocycles. The molecule has 0 amide bonds. The van der Waals surface area contributed by atoms with Gasteiger partial charge in [0.25, 0.3) is 0 Å². The summed E-state index contributed by atoms with van der Waals surface area (Å²) in [4.78, 5) is 4.18. The molecule has 2 aromatic rings. The summed E-state index contributed by atoms with van der Waals surface area (Å²) in [5.74, 6) is 0.341. The maximum Gasteiger partial charge on any atom is 0.132 e. The third kappa shape index (κ3) is 2.59. The van der Waals surface area contributed by atoms with E-state index in [1.54, 1.807) is 12.3 Å². The highest BCUT2D eigenvalue weighted by molar-refractivity contribution is 6.30. The van der Waals surface area contributed by atoms with E-state index in [9.17, 15) is 5.11 Å². The number of phenols is 1. The topological polar surface area (TPSA) is 45.1 Å². The third-order valence-electron chi connectivity index (χ3n) is 3.80. The van der Waals surface area contributed by atoms with Gasteiger partial charge in [0, 0.05) is 0 Å². The molecule has 0 aliphatic heterocycles. The van der Waals surface area contributed by atoms with E-state index in [1.165, 1.54) is 11.1 Å². The fourth-order valence-electron chi connectivity index (χ4n) is 2.79. The second-order valence-corrected chi connectivity index (χ2v) is 5.66. The molecular weight excluding hydrogens is 272 g/mol. The number of nitrogens with zero attached hydrogens (tertiary/aromatic N) is 1. The zero-order valence-electron chi connectivity index (χ0n) is 11.4. The second-order valence-electron chi connectivity index (χ2n) is 5.30. The first-order valence-electron chi connectivity index (χ1n) is 6.84. The van der Waals surface area contributed by atoms with Gasteiger partial charge in [-0.05, 0) is 61.1 Å². The molecule has 0 bridgehead atoms. The van der Waals surface area contributed by atoms with Crippen LogP contribution in [0.15, 0.2) is 30.5 Å². The number of anilines is 1. The van der Waals surface area contributed by atoms with E-state index in [0.717, 1.165) is 30.5 Å². The van der Waals surface area contributed by atoms with E-state index >= 15 is 0 Å². The van der Waals surface area contributed by atoms with Crippen molar-refractivity contribution < 1.29 is 5.11 Å². The molecule has 104 valence electrons. The van der Waals surface area contributed by atoms with Crippen molar-refractivity contribution in [2.75, 3.05) is 5.32 Å². The van der Waals surface area contributed by atoms with Crippen LogP contribution in [0.1, 0.15) is 35.6 Å². The van der Waals surface area contributed by atoms with Crippen LogP contribution in [0.2, 0.25) is 5.15 Å². The highest BCUT2D eigenvalue weighted by Gasteiger charge is 2.20. The molecule has 1 aliphatic rings. The maximum absolute atomic E-state index is 9.59. The average Bonchev–Trinajstić information content (AvgIpc) is 2.43. The minimum atomic E-state index is 0.265. The number of nitrogens with one attached hydrogen (secondary N) is 1. The molecule has 0 saturated heterocycles. The Bertz CT molecular complexity index is 642. The molecule has 0 spiro atoms. The summed E-state index contributed by atoms with van der Waals surface area (Å²) in [5, 5.41) is 13.7. The van der Waals surface area contributed by atoms with E-state index in [2.05, 4.69) is 10.3 Å². The van der Waals surface area contributed by atoms with Crippen LogP contribution < -0.4 is 5.32 Å². The van der Waals surface area contributed by atoms with Crippen molar-refractivity contribution >= 4 is 17.3 Å². The highest BCUT2D eigenvalue weighted by Crippen LogP contribution is 2.34. The minimum Gasteiger partial charge on any atom is -0.508 e. The number of hydrogen-bond acceptors (Lipinski definition) is 3. The van der Waals surface area contributed by atoms with Gasteiger partial charge in [0.15, 0.2) is 0 Å². The maximum atomic E-state index is 9.59. The standard InChI is InChI=1S/C16H17ClN2O/c1-10-7-12(9-18-16(10)17)19-15-4-2-3-11-8-13(20)5-6-14(11)15/h5-9,15,19-20H,2-4H2,1H3. The lowest BCUT2D eigenvalue weighted by Crippen LogP contribution is -2.17. The van der Waals surface area contributed by atoms with Gasteiger partial charge in [-0.15, -0.1) is 0 Å². The molecule has 1 aromatic heterocycles. The van der Waals surface area contributed by atoms with Crippen molar-refractivity contribution in [1.29, 1.82) is 0 Å². The zero-order valence-corrected chi connectivity index (χ0v) is 12.1. The molecule has 2 N–H and O–H groups in total. The number of aromatic nitrogens is 1. The molecule has 1 aromatic carbocycles. The first-order chi connectivity index (χ1) is 9.63. The number of hydrogen-bond donors (Lipinski definition) is 2. The van der Waals surface area contributed by atoms with Gasteiger partial charge in [-0.2, -0.15) is 0 Å². The molecule has 0 saturated carbocycles. The monoisotopic (exact) mass is 288 g/mol. The van der Waals surface area contributed by atoms with Crippen molar-refractivity contribution in [3.05, 3.63) is 52.3 Å². The molecule has 1 heterocycles. The van der Waals surface area contributed by atoms with Crippen molar-refractivity contribution in [1.82, 2.24) is 4.98 Å². The van der Waals surface area contributed by atoms with Crippen molar-refractivity contribution in [2.24, 2.45) is 0 Å². The lowest BCUT2D eigenvalue weighted by atomic mass is 9.87. The smallest absolute Gasteiger partial charge is 0.132 e. The Balaban J connectivity index is 1.87. The molecule has 3 nitrogen and oxygen atoms in total. The lowest BCUT2D eigenvalue weighted by molar-refractivity contribution is 0.472. The van der Waals surface area contributed by atoms with Gasteiger partial charge in [-0.1, -0.05) is 17.7 Å². The summed E-state index contributed by atoms with van der Waals surface area (Å²) in [5.41, 5.74) is 4.45. The quantitative estimate of drug-likeness (QED) is 0.813. The Morgan fingerprint density at radius 2 is 2.20 bits per heavy atom.